The summed E-state index contributed by atoms with van der Waals surface area (Å²) in [5.41, 5.74) is -0.520. The standard InChI is InChI=1S/C17H16FN5O5S/c1-21-16(12-6-8-13(18)9-7-12)20-22(17(21)24)11-10-19-29(27,28)15-5-3-2-4-14(15)23(25)26/h2-9,19H,10-11H2,1H3. The third kappa shape index (κ3) is 4.22. The molecule has 12 heteroatoms. The van der Waals surface area contributed by atoms with E-state index in [9.17, 15) is 27.7 Å². The van der Waals surface area contributed by atoms with E-state index in [0.29, 0.717) is 5.56 Å². The highest BCUT2D eigenvalue weighted by atomic mass is 32.2. The first-order valence-electron chi connectivity index (χ1n) is 8.33. The van der Waals surface area contributed by atoms with E-state index in [1.54, 1.807) is 0 Å². The lowest BCUT2D eigenvalue weighted by Gasteiger charge is -2.07. The zero-order valence-electron chi connectivity index (χ0n) is 15.1. The Hall–Kier alpha value is -3.38. The van der Waals surface area contributed by atoms with Gasteiger partial charge in [0.25, 0.3) is 5.69 Å². The summed E-state index contributed by atoms with van der Waals surface area (Å²) < 4.78 is 42.4. The second kappa shape index (κ2) is 7.93. The SMILES string of the molecule is Cn1c(-c2ccc(F)cc2)nn(CCNS(=O)(=O)c2ccccc2[N+](=O)[O-])c1=O. The molecule has 10 nitrogen and oxygen atoms in total. The predicted octanol–water partition coefficient (Wildman–Crippen LogP) is 1.27. The van der Waals surface area contributed by atoms with Crippen LogP contribution in [0.1, 0.15) is 0 Å². The number of sulfonamides is 1. The molecule has 0 aliphatic carbocycles. The number of benzene rings is 2. The summed E-state index contributed by atoms with van der Waals surface area (Å²) >= 11 is 0. The van der Waals surface area contributed by atoms with Crippen LogP contribution in [0, 0.1) is 15.9 Å². The lowest BCUT2D eigenvalue weighted by atomic mass is 10.2. The number of rotatable bonds is 7. The van der Waals surface area contributed by atoms with Crippen LogP contribution in [0.4, 0.5) is 10.1 Å². The Morgan fingerprint density at radius 2 is 1.83 bits per heavy atom. The van der Waals surface area contributed by atoms with Crippen molar-refractivity contribution in [1.29, 1.82) is 0 Å². The van der Waals surface area contributed by atoms with Crippen molar-refractivity contribution in [2.24, 2.45) is 7.05 Å². The highest BCUT2D eigenvalue weighted by Gasteiger charge is 2.24. The summed E-state index contributed by atoms with van der Waals surface area (Å²) in [5, 5.41) is 15.2. The molecule has 0 bridgehead atoms. The van der Waals surface area contributed by atoms with Crippen LogP contribution in [-0.4, -0.2) is 34.2 Å². The molecule has 0 aliphatic rings. The largest absolute Gasteiger partial charge is 0.345 e. The Labute approximate surface area is 164 Å². The molecule has 0 amide bonds. The lowest BCUT2D eigenvalue weighted by Crippen LogP contribution is -2.32. The van der Waals surface area contributed by atoms with Crippen LogP contribution in [0.15, 0.2) is 58.2 Å². The van der Waals surface area contributed by atoms with Crippen molar-refractivity contribution in [2.75, 3.05) is 6.54 Å². The number of aromatic nitrogens is 3. The summed E-state index contributed by atoms with van der Waals surface area (Å²) in [4.78, 5) is 22.1. The van der Waals surface area contributed by atoms with Gasteiger partial charge in [-0.3, -0.25) is 14.7 Å². The number of hydrogen-bond acceptors (Lipinski definition) is 6. The smallest absolute Gasteiger partial charge is 0.278 e. The molecule has 0 atom stereocenters. The molecule has 29 heavy (non-hydrogen) atoms. The molecule has 0 unspecified atom stereocenters. The molecule has 1 N–H and O–H groups in total. The molecule has 0 fully saturated rings. The molecule has 0 saturated heterocycles. The van der Waals surface area contributed by atoms with E-state index in [2.05, 4.69) is 9.82 Å². The van der Waals surface area contributed by atoms with Crippen molar-refractivity contribution < 1.29 is 17.7 Å². The predicted molar refractivity (Wildman–Crippen MR) is 101 cm³/mol. The van der Waals surface area contributed by atoms with Crippen LogP contribution >= 0.6 is 0 Å². The Kier molecular flexibility index (Phi) is 5.57. The Morgan fingerprint density at radius 1 is 1.17 bits per heavy atom. The highest BCUT2D eigenvalue weighted by molar-refractivity contribution is 7.89. The quantitative estimate of drug-likeness (QED) is 0.452. The van der Waals surface area contributed by atoms with E-state index < -0.39 is 37.0 Å². The fourth-order valence-electron chi connectivity index (χ4n) is 2.68. The maximum absolute atomic E-state index is 13.1. The molecular formula is C17H16FN5O5S. The summed E-state index contributed by atoms with van der Waals surface area (Å²) in [7, 11) is -2.67. The van der Waals surface area contributed by atoms with E-state index in [-0.39, 0.29) is 18.9 Å². The van der Waals surface area contributed by atoms with Crippen molar-refractivity contribution in [3.63, 3.8) is 0 Å². The van der Waals surface area contributed by atoms with Gasteiger partial charge in [0.2, 0.25) is 10.0 Å². The minimum absolute atomic E-state index is 0.103. The minimum Gasteiger partial charge on any atom is -0.278 e. The van der Waals surface area contributed by atoms with E-state index in [0.717, 1.165) is 16.8 Å². The van der Waals surface area contributed by atoms with Gasteiger partial charge in [-0.15, -0.1) is 5.10 Å². The van der Waals surface area contributed by atoms with Crippen molar-refractivity contribution in [3.8, 4) is 11.4 Å². The first-order chi connectivity index (χ1) is 13.7. The van der Waals surface area contributed by atoms with Gasteiger partial charge in [0.15, 0.2) is 10.7 Å². The molecule has 3 rings (SSSR count). The second-order valence-corrected chi connectivity index (χ2v) is 7.75. The maximum Gasteiger partial charge on any atom is 0.345 e. The molecule has 3 aromatic rings. The van der Waals surface area contributed by atoms with Crippen LogP contribution in [-0.2, 0) is 23.6 Å². The molecule has 0 saturated carbocycles. The number of para-hydroxylation sites is 1. The van der Waals surface area contributed by atoms with Crippen LogP contribution < -0.4 is 10.4 Å². The lowest BCUT2D eigenvalue weighted by molar-refractivity contribution is -0.387. The minimum atomic E-state index is -4.16. The molecule has 1 heterocycles. The molecule has 2 aromatic carbocycles. The second-order valence-electron chi connectivity index (χ2n) is 6.02. The Morgan fingerprint density at radius 3 is 2.48 bits per heavy atom. The topological polar surface area (TPSA) is 129 Å². The van der Waals surface area contributed by atoms with E-state index >= 15 is 0 Å². The average molecular weight is 421 g/mol. The Bertz CT molecular complexity index is 1220. The maximum atomic E-state index is 13.1. The van der Waals surface area contributed by atoms with E-state index in [1.807, 2.05) is 0 Å². The fraction of sp³-hybridized carbons (Fsp3) is 0.176. The third-order valence-electron chi connectivity index (χ3n) is 4.11. The molecular weight excluding hydrogens is 405 g/mol. The van der Waals surface area contributed by atoms with Gasteiger partial charge in [0.1, 0.15) is 5.82 Å². The van der Waals surface area contributed by atoms with Gasteiger partial charge >= 0.3 is 5.69 Å². The molecule has 0 radical (unpaired) electrons. The van der Waals surface area contributed by atoms with Crippen molar-refractivity contribution in [2.45, 2.75) is 11.4 Å². The average Bonchev–Trinajstić information content (AvgIpc) is 2.97. The van der Waals surface area contributed by atoms with Gasteiger partial charge < -0.3 is 0 Å². The first-order valence-corrected chi connectivity index (χ1v) is 9.82. The van der Waals surface area contributed by atoms with Crippen LogP contribution in [0.5, 0.6) is 0 Å². The Balaban J connectivity index is 1.78. The van der Waals surface area contributed by atoms with Gasteiger partial charge in [-0.2, -0.15) is 0 Å². The summed E-state index contributed by atoms with van der Waals surface area (Å²) in [6.07, 6.45) is 0. The highest BCUT2D eigenvalue weighted by Crippen LogP contribution is 2.22. The zero-order valence-corrected chi connectivity index (χ0v) is 16.0. The number of nitrogens with one attached hydrogen (secondary N) is 1. The van der Waals surface area contributed by atoms with Gasteiger partial charge in [-0.1, -0.05) is 12.1 Å². The summed E-state index contributed by atoms with van der Waals surface area (Å²) in [6, 6.07) is 10.4. The first kappa shape index (κ1) is 20.4. The van der Waals surface area contributed by atoms with Gasteiger partial charge in [-0.05, 0) is 30.3 Å². The molecule has 0 spiro atoms. The zero-order chi connectivity index (χ0) is 21.2. The van der Waals surface area contributed by atoms with Gasteiger partial charge in [0, 0.05) is 25.2 Å². The molecule has 1 aromatic heterocycles. The number of nitro benzene ring substituents is 1. The molecule has 0 aliphatic heterocycles. The van der Waals surface area contributed by atoms with Crippen LogP contribution in [0.25, 0.3) is 11.4 Å². The van der Waals surface area contributed by atoms with Crippen molar-refractivity contribution in [3.05, 3.63) is 74.9 Å². The normalized spacial score (nSPS) is 11.5. The number of nitrogens with zero attached hydrogens (tertiary/aromatic N) is 4. The van der Waals surface area contributed by atoms with Gasteiger partial charge in [-0.25, -0.2) is 27.0 Å². The van der Waals surface area contributed by atoms with Crippen molar-refractivity contribution in [1.82, 2.24) is 19.1 Å². The number of halogens is 1. The van der Waals surface area contributed by atoms with Crippen molar-refractivity contribution >= 4 is 15.7 Å². The summed E-state index contributed by atoms with van der Waals surface area (Å²) in [6.45, 7) is -0.318. The number of hydrogen-bond donors (Lipinski definition) is 1. The summed E-state index contributed by atoms with van der Waals surface area (Å²) in [5.74, 6) is -0.140. The van der Waals surface area contributed by atoms with Crippen LogP contribution in [0.2, 0.25) is 0 Å². The number of nitro groups is 1. The van der Waals surface area contributed by atoms with Crippen LogP contribution in [0.3, 0.4) is 0 Å². The molecule has 152 valence electrons. The monoisotopic (exact) mass is 421 g/mol. The van der Waals surface area contributed by atoms with E-state index in [4.69, 9.17) is 0 Å². The fourth-order valence-corrected chi connectivity index (χ4v) is 3.87. The van der Waals surface area contributed by atoms with Gasteiger partial charge in [0.05, 0.1) is 11.5 Å². The van der Waals surface area contributed by atoms with E-state index in [1.165, 1.54) is 48.0 Å². The third-order valence-corrected chi connectivity index (χ3v) is 5.62.